The molecule has 1 aliphatic rings. The average Bonchev–Trinajstić information content (AvgIpc) is 3.35. The van der Waals surface area contributed by atoms with Crippen LogP contribution < -0.4 is 11.1 Å². The van der Waals surface area contributed by atoms with Gasteiger partial charge in [0.15, 0.2) is 0 Å². The van der Waals surface area contributed by atoms with Crippen LogP contribution in [-0.4, -0.2) is 35.3 Å². The van der Waals surface area contributed by atoms with Crippen molar-refractivity contribution in [1.82, 2.24) is 10.2 Å². The molecule has 5 nitrogen and oxygen atoms in total. The number of nitrogens with two attached hydrogens (primary N) is 1. The fourth-order valence-corrected chi connectivity index (χ4v) is 4.92. The topological polar surface area (TPSA) is 75.4 Å². The van der Waals surface area contributed by atoms with Gasteiger partial charge in [0, 0.05) is 29.1 Å². The first-order chi connectivity index (χ1) is 16.5. The molecule has 1 aliphatic heterocycles. The lowest BCUT2D eigenvalue weighted by atomic mass is 9.84. The van der Waals surface area contributed by atoms with Gasteiger partial charge in [-0.3, -0.25) is 9.59 Å². The first kappa shape index (κ1) is 24.3. The molecular weight excluding hydrogens is 469 g/mol. The molecule has 0 saturated carbocycles. The van der Waals surface area contributed by atoms with E-state index in [1.807, 2.05) is 60.7 Å². The molecule has 0 spiro atoms. The van der Waals surface area contributed by atoms with Crippen LogP contribution in [0, 0.1) is 0 Å². The van der Waals surface area contributed by atoms with Crippen LogP contribution in [0.3, 0.4) is 0 Å². The zero-order valence-corrected chi connectivity index (χ0v) is 20.2. The summed E-state index contributed by atoms with van der Waals surface area (Å²) in [6.07, 6.45) is 1.34. The second-order valence-corrected chi connectivity index (χ2v) is 9.31. The van der Waals surface area contributed by atoms with Crippen molar-refractivity contribution < 1.29 is 9.59 Å². The van der Waals surface area contributed by atoms with E-state index in [2.05, 4.69) is 5.32 Å². The second kappa shape index (κ2) is 11.0. The Hall–Kier alpha value is -2.86. The largest absolute Gasteiger partial charge is 0.350 e. The summed E-state index contributed by atoms with van der Waals surface area (Å²) < 4.78 is 0. The zero-order chi connectivity index (χ0) is 24.1. The van der Waals surface area contributed by atoms with E-state index in [9.17, 15) is 9.59 Å². The van der Waals surface area contributed by atoms with Crippen LogP contribution in [0.1, 0.15) is 35.4 Å². The van der Waals surface area contributed by atoms with E-state index in [0.29, 0.717) is 23.0 Å². The van der Waals surface area contributed by atoms with Crippen molar-refractivity contribution >= 4 is 35.0 Å². The van der Waals surface area contributed by atoms with Crippen molar-refractivity contribution in [1.29, 1.82) is 0 Å². The minimum Gasteiger partial charge on any atom is -0.350 e. The normalized spacial score (nSPS) is 16.5. The van der Waals surface area contributed by atoms with E-state index < -0.39 is 12.1 Å². The van der Waals surface area contributed by atoms with Crippen LogP contribution in [0.2, 0.25) is 10.0 Å². The molecule has 3 aromatic rings. The summed E-state index contributed by atoms with van der Waals surface area (Å²) in [5.74, 6) is -0.759. The van der Waals surface area contributed by atoms with Crippen molar-refractivity contribution in [2.45, 2.75) is 37.4 Å². The molecule has 34 heavy (non-hydrogen) atoms. The van der Waals surface area contributed by atoms with E-state index in [1.165, 1.54) is 0 Å². The predicted octanol–water partition coefficient (Wildman–Crippen LogP) is 4.76. The standard InChI is InChI=1S/C27H27Cl2N3O2/c28-21-13-14-22(29)20(16-21)17-31-26(33)23-12-7-15-32(23)27(34)25(30)24(18-8-3-1-4-9-18)19-10-5-2-6-11-19/h1-6,8-11,13-14,16,23-25H,7,12,15,17,30H2,(H,31,33)/t23?,25-/m1/s1. The van der Waals surface area contributed by atoms with Crippen LogP contribution in [0.25, 0.3) is 0 Å². The molecule has 0 radical (unpaired) electrons. The number of hydrogen-bond donors (Lipinski definition) is 2. The molecule has 1 unspecified atom stereocenters. The number of halogens is 2. The Labute approximate surface area is 209 Å². The lowest BCUT2D eigenvalue weighted by molar-refractivity contribution is -0.139. The first-order valence-electron chi connectivity index (χ1n) is 11.3. The number of amides is 2. The molecule has 4 rings (SSSR count). The minimum atomic E-state index is -0.819. The van der Waals surface area contributed by atoms with Crippen LogP contribution >= 0.6 is 23.2 Å². The van der Waals surface area contributed by atoms with Gasteiger partial charge in [-0.05, 0) is 47.7 Å². The average molecular weight is 496 g/mol. The molecular formula is C27H27Cl2N3O2. The molecule has 2 atom stereocenters. The van der Waals surface area contributed by atoms with E-state index in [-0.39, 0.29) is 24.3 Å². The van der Waals surface area contributed by atoms with Gasteiger partial charge in [-0.25, -0.2) is 0 Å². The Bertz CT molecular complexity index is 1100. The smallest absolute Gasteiger partial charge is 0.243 e. The van der Waals surface area contributed by atoms with Crippen LogP contribution in [-0.2, 0) is 16.1 Å². The SMILES string of the molecule is N[C@@H](C(=O)N1CCCC1C(=O)NCc1cc(Cl)ccc1Cl)C(c1ccccc1)c1ccccc1. The van der Waals surface area contributed by atoms with E-state index in [0.717, 1.165) is 23.1 Å². The third-order valence-electron chi connectivity index (χ3n) is 6.26. The molecule has 1 saturated heterocycles. The number of nitrogens with one attached hydrogen (secondary N) is 1. The Kier molecular flexibility index (Phi) is 7.88. The summed E-state index contributed by atoms with van der Waals surface area (Å²) in [5, 5.41) is 3.98. The maximum absolute atomic E-state index is 13.6. The number of nitrogens with zero attached hydrogens (tertiary/aromatic N) is 1. The van der Waals surface area contributed by atoms with E-state index in [1.54, 1.807) is 23.1 Å². The highest BCUT2D eigenvalue weighted by Crippen LogP contribution is 2.30. The third kappa shape index (κ3) is 5.44. The molecule has 1 fully saturated rings. The van der Waals surface area contributed by atoms with Gasteiger partial charge in [0.1, 0.15) is 6.04 Å². The van der Waals surface area contributed by atoms with Gasteiger partial charge in [0.25, 0.3) is 0 Å². The summed E-state index contributed by atoms with van der Waals surface area (Å²) in [5.41, 5.74) is 9.27. The number of rotatable bonds is 7. The van der Waals surface area contributed by atoms with Gasteiger partial charge in [0.2, 0.25) is 11.8 Å². The third-order valence-corrected chi connectivity index (χ3v) is 6.86. The highest BCUT2D eigenvalue weighted by molar-refractivity contribution is 6.33. The molecule has 2 amide bonds. The zero-order valence-electron chi connectivity index (χ0n) is 18.7. The number of carbonyl (C=O) groups is 2. The fourth-order valence-electron chi connectivity index (χ4n) is 4.54. The maximum atomic E-state index is 13.6. The van der Waals surface area contributed by atoms with Crippen molar-refractivity contribution in [3.8, 4) is 0 Å². The molecule has 0 aliphatic carbocycles. The Morgan fingerprint density at radius 1 is 0.971 bits per heavy atom. The van der Waals surface area contributed by atoms with Crippen LogP contribution in [0.5, 0.6) is 0 Å². The molecule has 0 bridgehead atoms. The highest BCUT2D eigenvalue weighted by atomic mass is 35.5. The van der Waals surface area contributed by atoms with E-state index >= 15 is 0 Å². The number of carbonyl (C=O) groups excluding carboxylic acids is 2. The van der Waals surface area contributed by atoms with Crippen molar-refractivity contribution in [3.63, 3.8) is 0 Å². The van der Waals surface area contributed by atoms with Crippen molar-refractivity contribution in [3.05, 3.63) is 106 Å². The Morgan fingerprint density at radius 3 is 2.21 bits per heavy atom. The number of likely N-dealkylation sites (tertiary alicyclic amines) is 1. The molecule has 3 aromatic carbocycles. The van der Waals surface area contributed by atoms with Crippen LogP contribution in [0.4, 0.5) is 0 Å². The minimum absolute atomic E-state index is 0.218. The van der Waals surface area contributed by atoms with Crippen molar-refractivity contribution in [2.24, 2.45) is 5.73 Å². The van der Waals surface area contributed by atoms with Gasteiger partial charge < -0.3 is 16.0 Å². The summed E-state index contributed by atoms with van der Waals surface area (Å²) in [6.45, 7) is 0.734. The Balaban J connectivity index is 1.51. The summed E-state index contributed by atoms with van der Waals surface area (Å²) >= 11 is 12.3. The van der Waals surface area contributed by atoms with Gasteiger partial charge in [-0.1, -0.05) is 83.9 Å². The van der Waals surface area contributed by atoms with Crippen LogP contribution in [0.15, 0.2) is 78.9 Å². The lowest BCUT2D eigenvalue weighted by Crippen LogP contribution is -2.52. The molecule has 176 valence electrons. The maximum Gasteiger partial charge on any atom is 0.243 e. The fraction of sp³-hybridized carbons (Fsp3) is 0.259. The summed E-state index contributed by atoms with van der Waals surface area (Å²) in [4.78, 5) is 28.3. The second-order valence-electron chi connectivity index (χ2n) is 8.47. The highest BCUT2D eigenvalue weighted by Gasteiger charge is 2.39. The predicted molar refractivity (Wildman–Crippen MR) is 136 cm³/mol. The molecule has 0 aromatic heterocycles. The first-order valence-corrected chi connectivity index (χ1v) is 12.1. The molecule has 1 heterocycles. The number of hydrogen-bond acceptors (Lipinski definition) is 3. The quantitative estimate of drug-likeness (QED) is 0.495. The van der Waals surface area contributed by atoms with Gasteiger partial charge in [-0.2, -0.15) is 0 Å². The number of benzene rings is 3. The van der Waals surface area contributed by atoms with E-state index in [4.69, 9.17) is 28.9 Å². The summed E-state index contributed by atoms with van der Waals surface area (Å²) in [7, 11) is 0. The van der Waals surface area contributed by atoms with Gasteiger partial charge >= 0.3 is 0 Å². The van der Waals surface area contributed by atoms with Crippen molar-refractivity contribution in [2.75, 3.05) is 6.54 Å². The van der Waals surface area contributed by atoms with Gasteiger partial charge in [-0.15, -0.1) is 0 Å². The summed E-state index contributed by atoms with van der Waals surface area (Å²) in [6, 6.07) is 23.3. The van der Waals surface area contributed by atoms with Gasteiger partial charge in [0.05, 0.1) is 6.04 Å². The molecule has 3 N–H and O–H groups in total. The molecule has 7 heteroatoms. The monoisotopic (exact) mass is 495 g/mol. The Morgan fingerprint density at radius 2 is 1.59 bits per heavy atom. The lowest BCUT2D eigenvalue weighted by Gasteiger charge is -2.31.